The number of benzene rings is 2. The molecule has 0 bridgehead atoms. The van der Waals surface area contributed by atoms with Crippen molar-refractivity contribution in [2.75, 3.05) is 12.3 Å². The van der Waals surface area contributed by atoms with Gasteiger partial charge in [0.1, 0.15) is 5.75 Å². The lowest BCUT2D eigenvalue weighted by atomic mass is 10.2. The average Bonchev–Trinajstić information content (AvgIpc) is 2.46. The zero-order valence-electron chi connectivity index (χ0n) is 10.8. The lowest BCUT2D eigenvalue weighted by molar-refractivity contribution is -0.123. The number of ether oxygens (including phenoxy) is 1. The highest BCUT2D eigenvalue weighted by Crippen LogP contribution is 2.14. The van der Waals surface area contributed by atoms with Crippen LogP contribution in [0.5, 0.6) is 5.75 Å². The number of anilines is 1. The Kier molecular flexibility index (Phi) is 4.85. The maximum atomic E-state index is 11.7. The van der Waals surface area contributed by atoms with Crippen LogP contribution in [-0.4, -0.2) is 12.5 Å². The van der Waals surface area contributed by atoms with Crippen LogP contribution in [0.3, 0.4) is 0 Å². The highest BCUT2D eigenvalue weighted by molar-refractivity contribution is 6.31. The molecule has 20 heavy (non-hydrogen) atoms. The molecule has 1 amide bonds. The molecule has 2 rings (SSSR count). The summed E-state index contributed by atoms with van der Waals surface area (Å²) in [4.78, 5) is 11.7. The highest BCUT2D eigenvalue weighted by Gasteiger charge is 2.04. The molecule has 5 heteroatoms. The molecule has 0 saturated carbocycles. The van der Waals surface area contributed by atoms with Crippen LogP contribution in [0.25, 0.3) is 0 Å². The second kappa shape index (κ2) is 6.82. The van der Waals surface area contributed by atoms with Gasteiger partial charge >= 0.3 is 0 Å². The number of rotatable bonds is 5. The third kappa shape index (κ3) is 4.17. The van der Waals surface area contributed by atoms with Crippen molar-refractivity contribution in [2.45, 2.75) is 6.54 Å². The van der Waals surface area contributed by atoms with Gasteiger partial charge < -0.3 is 15.8 Å². The van der Waals surface area contributed by atoms with Gasteiger partial charge in [-0.25, -0.2) is 0 Å². The summed E-state index contributed by atoms with van der Waals surface area (Å²) in [6.45, 7) is 0.331. The maximum absolute atomic E-state index is 11.7. The number of carbonyl (C=O) groups is 1. The normalized spacial score (nSPS) is 10.1. The molecular formula is C15H15ClN2O2. The van der Waals surface area contributed by atoms with Gasteiger partial charge in [0.05, 0.1) is 0 Å². The molecule has 2 aromatic carbocycles. The van der Waals surface area contributed by atoms with Crippen molar-refractivity contribution in [2.24, 2.45) is 0 Å². The van der Waals surface area contributed by atoms with Crippen molar-refractivity contribution in [1.82, 2.24) is 5.32 Å². The minimum Gasteiger partial charge on any atom is -0.484 e. The Bertz CT molecular complexity index is 585. The van der Waals surface area contributed by atoms with Gasteiger partial charge in [-0.3, -0.25) is 4.79 Å². The zero-order chi connectivity index (χ0) is 14.4. The molecular weight excluding hydrogens is 276 g/mol. The second-order valence-corrected chi connectivity index (χ2v) is 4.63. The molecule has 0 spiro atoms. The van der Waals surface area contributed by atoms with Crippen LogP contribution in [0, 0.1) is 0 Å². The molecule has 0 atom stereocenters. The summed E-state index contributed by atoms with van der Waals surface area (Å²) in [5.74, 6) is 0.397. The lowest BCUT2D eigenvalue weighted by Crippen LogP contribution is -2.28. The molecule has 3 N–H and O–H groups in total. The molecule has 0 unspecified atom stereocenters. The van der Waals surface area contributed by atoms with E-state index in [0.717, 1.165) is 5.56 Å². The fraction of sp³-hybridized carbons (Fsp3) is 0.133. The van der Waals surface area contributed by atoms with Crippen LogP contribution < -0.4 is 15.8 Å². The number of nitrogens with one attached hydrogen (secondary N) is 1. The number of hydrogen-bond acceptors (Lipinski definition) is 3. The summed E-state index contributed by atoms with van der Waals surface area (Å²) in [6.07, 6.45) is 0. The molecule has 0 radical (unpaired) electrons. The fourth-order valence-electron chi connectivity index (χ4n) is 1.60. The Balaban J connectivity index is 1.78. The van der Waals surface area contributed by atoms with Crippen LogP contribution >= 0.6 is 11.6 Å². The first-order valence-electron chi connectivity index (χ1n) is 6.13. The van der Waals surface area contributed by atoms with Crippen molar-refractivity contribution < 1.29 is 9.53 Å². The van der Waals surface area contributed by atoms with Gasteiger partial charge in [0.15, 0.2) is 6.61 Å². The number of halogens is 1. The van der Waals surface area contributed by atoms with E-state index >= 15 is 0 Å². The Morgan fingerprint density at radius 1 is 1.15 bits per heavy atom. The van der Waals surface area contributed by atoms with E-state index in [1.54, 1.807) is 30.3 Å². The fourth-order valence-corrected chi connectivity index (χ4v) is 1.80. The standard InChI is InChI=1S/C15H15ClN2O2/c16-14-4-2-1-3-11(14)9-18-15(19)10-20-13-7-5-12(17)6-8-13/h1-8H,9-10,17H2,(H,18,19). The van der Waals surface area contributed by atoms with E-state index in [0.29, 0.717) is 23.0 Å². The molecule has 4 nitrogen and oxygen atoms in total. The zero-order valence-corrected chi connectivity index (χ0v) is 11.6. The Morgan fingerprint density at radius 2 is 1.85 bits per heavy atom. The van der Waals surface area contributed by atoms with Gasteiger partial charge in [0.25, 0.3) is 5.91 Å². The highest BCUT2D eigenvalue weighted by atomic mass is 35.5. The van der Waals surface area contributed by atoms with E-state index in [-0.39, 0.29) is 12.5 Å². The third-order valence-electron chi connectivity index (χ3n) is 2.68. The smallest absolute Gasteiger partial charge is 0.258 e. The average molecular weight is 291 g/mol. The van der Waals surface area contributed by atoms with E-state index in [4.69, 9.17) is 22.1 Å². The predicted molar refractivity (Wildman–Crippen MR) is 79.6 cm³/mol. The largest absolute Gasteiger partial charge is 0.484 e. The summed E-state index contributed by atoms with van der Waals surface area (Å²) in [5.41, 5.74) is 7.09. The molecule has 0 aliphatic heterocycles. The molecule has 104 valence electrons. The van der Waals surface area contributed by atoms with Crippen molar-refractivity contribution in [3.63, 3.8) is 0 Å². The summed E-state index contributed by atoms with van der Waals surface area (Å²) in [6, 6.07) is 14.2. The number of carbonyl (C=O) groups excluding carboxylic acids is 1. The predicted octanol–water partition coefficient (Wildman–Crippen LogP) is 2.62. The van der Waals surface area contributed by atoms with Crippen molar-refractivity contribution >= 4 is 23.2 Å². The minimum atomic E-state index is -0.207. The van der Waals surface area contributed by atoms with Crippen molar-refractivity contribution in [1.29, 1.82) is 0 Å². The topological polar surface area (TPSA) is 64.3 Å². The molecule has 0 saturated heterocycles. The van der Waals surface area contributed by atoms with Crippen LogP contribution in [0.1, 0.15) is 5.56 Å². The van der Waals surface area contributed by atoms with Crippen LogP contribution in [0.15, 0.2) is 48.5 Å². The van der Waals surface area contributed by atoms with Crippen LogP contribution in [0.4, 0.5) is 5.69 Å². The van der Waals surface area contributed by atoms with Crippen LogP contribution in [-0.2, 0) is 11.3 Å². The van der Waals surface area contributed by atoms with Gasteiger partial charge in [-0.05, 0) is 35.9 Å². The van der Waals surface area contributed by atoms with Crippen molar-refractivity contribution in [3.05, 3.63) is 59.1 Å². The lowest BCUT2D eigenvalue weighted by Gasteiger charge is -2.08. The Labute approximate surface area is 122 Å². The Morgan fingerprint density at radius 3 is 2.55 bits per heavy atom. The molecule has 2 aromatic rings. The van der Waals surface area contributed by atoms with E-state index < -0.39 is 0 Å². The maximum Gasteiger partial charge on any atom is 0.258 e. The second-order valence-electron chi connectivity index (χ2n) is 4.23. The minimum absolute atomic E-state index is 0.0473. The van der Waals surface area contributed by atoms with Gasteiger partial charge in [-0.1, -0.05) is 29.8 Å². The first-order chi connectivity index (χ1) is 9.65. The van der Waals surface area contributed by atoms with E-state index in [2.05, 4.69) is 5.32 Å². The van der Waals surface area contributed by atoms with Gasteiger partial charge in [-0.2, -0.15) is 0 Å². The number of amides is 1. The van der Waals surface area contributed by atoms with Gasteiger partial charge in [0, 0.05) is 17.3 Å². The monoisotopic (exact) mass is 290 g/mol. The van der Waals surface area contributed by atoms with E-state index in [1.165, 1.54) is 0 Å². The van der Waals surface area contributed by atoms with E-state index in [9.17, 15) is 4.79 Å². The quantitative estimate of drug-likeness (QED) is 0.832. The summed E-state index contributed by atoms with van der Waals surface area (Å²) in [7, 11) is 0. The first kappa shape index (κ1) is 14.2. The summed E-state index contributed by atoms with van der Waals surface area (Å²) < 4.78 is 5.34. The summed E-state index contributed by atoms with van der Waals surface area (Å²) in [5, 5.41) is 3.38. The molecule has 0 aromatic heterocycles. The number of nitrogen functional groups attached to an aromatic ring is 1. The molecule has 0 fully saturated rings. The van der Waals surface area contributed by atoms with Crippen molar-refractivity contribution in [3.8, 4) is 5.75 Å². The first-order valence-corrected chi connectivity index (χ1v) is 6.51. The Hall–Kier alpha value is -2.20. The van der Waals surface area contributed by atoms with Gasteiger partial charge in [-0.15, -0.1) is 0 Å². The number of nitrogens with two attached hydrogens (primary N) is 1. The van der Waals surface area contributed by atoms with E-state index in [1.807, 2.05) is 18.2 Å². The molecule has 0 aliphatic rings. The van der Waals surface area contributed by atoms with Gasteiger partial charge in [0.2, 0.25) is 0 Å². The number of hydrogen-bond donors (Lipinski definition) is 2. The summed E-state index contributed by atoms with van der Waals surface area (Å²) >= 11 is 6.00. The molecule has 0 aliphatic carbocycles. The van der Waals surface area contributed by atoms with Crippen LogP contribution in [0.2, 0.25) is 5.02 Å². The third-order valence-corrected chi connectivity index (χ3v) is 3.05. The SMILES string of the molecule is Nc1ccc(OCC(=O)NCc2ccccc2Cl)cc1. The molecule has 0 heterocycles.